The first-order chi connectivity index (χ1) is 21.2. The van der Waals surface area contributed by atoms with E-state index in [0.717, 1.165) is 37.3 Å². The van der Waals surface area contributed by atoms with Gasteiger partial charge in [-0.3, -0.25) is 4.57 Å². The van der Waals surface area contributed by atoms with Gasteiger partial charge in [0.05, 0.1) is 37.5 Å². The average Bonchev–Trinajstić information content (AvgIpc) is 3.73. The fourth-order valence-corrected chi connectivity index (χ4v) is 6.43. The van der Waals surface area contributed by atoms with E-state index >= 15 is 0 Å². The smallest absolute Gasteiger partial charge is 0.164 e. The highest BCUT2D eigenvalue weighted by molar-refractivity contribution is 7.25. The quantitative estimate of drug-likeness (QED) is 0.198. The fourth-order valence-electron chi connectivity index (χ4n) is 5.43. The van der Waals surface area contributed by atoms with Crippen LogP contribution in [0.5, 0.6) is 0 Å². The van der Waals surface area contributed by atoms with E-state index in [1.54, 1.807) is 6.33 Å². The second kappa shape index (κ2) is 12.6. The van der Waals surface area contributed by atoms with Gasteiger partial charge in [0, 0.05) is 0 Å². The number of anilines is 1. The third-order valence-corrected chi connectivity index (χ3v) is 8.64. The first-order valence-electron chi connectivity index (χ1n) is 14.2. The lowest BCUT2D eigenvalue weighted by molar-refractivity contribution is -0.0913. The molecule has 9 nitrogen and oxygen atoms in total. The average molecular weight is 594 g/mol. The highest BCUT2D eigenvalue weighted by Crippen LogP contribution is 2.41. The molecule has 1 aliphatic rings. The second-order valence-electron chi connectivity index (χ2n) is 10.4. The highest BCUT2D eigenvalue weighted by atomic mass is 32.1. The van der Waals surface area contributed by atoms with Gasteiger partial charge in [0.2, 0.25) is 0 Å². The molecule has 0 radical (unpaired) electrons. The van der Waals surface area contributed by atoms with Crippen LogP contribution in [0.15, 0.2) is 104 Å². The molecule has 218 valence electrons. The Morgan fingerprint density at radius 1 is 0.744 bits per heavy atom. The molecule has 0 amide bonds. The molecular formula is C33H31N5O4S. The number of ether oxygens (including phenoxy) is 4. The van der Waals surface area contributed by atoms with Gasteiger partial charge in [-0.25, -0.2) is 15.0 Å². The number of thiophene rings is 1. The van der Waals surface area contributed by atoms with Crippen LogP contribution in [-0.4, -0.2) is 44.4 Å². The number of hydrogen-bond acceptors (Lipinski definition) is 9. The zero-order chi connectivity index (χ0) is 29.0. The molecule has 10 heteroatoms. The molecule has 4 heterocycles. The van der Waals surface area contributed by atoms with Crippen LogP contribution in [-0.2, 0) is 38.8 Å². The van der Waals surface area contributed by atoms with E-state index in [1.165, 1.54) is 17.7 Å². The lowest BCUT2D eigenvalue weighted by Gasteiger charge is -2.25. The Balaban J connectivity index is 1.23. The van der Waals surface area contributed by atoms with Crippen LogP contribution in [0.1, 0.15) is 22.9 Å². The zero-order valence-electron chi connectivity index (χ0n) is 23.4. The number of nitrogens with zero attached hydrogens (tertiary/aromatic N) is 4. The predicted octanol–water partition coefficient (Wildman–Crippen LogP) is 5.91. The topological polar surface area (TPSA) is 107 Å². The number of rotatable bonds is 11. The number of imidazole rings is 1. The predicted molar refractivity (Wildman–Crippen MR) is 165 cm³/mol. The molecule has 0 aliphatic carbocycles. The van der Waals surface area contributed by atoms with E-state index in [1.807, 2.05) is 83.4 Å². The second-order valence-corrected chi connectivity index (χ2v) is 11.4. The molecule has 4 atom stereocenters. The molecule has 1 saturated heterocycles. The van der Waals surface area contributed by atoms with Crippen molar-refractivity contribution >= 4 is 37.7 Å². The normalized spacial score (nSPS) is 20.3. The van der Waals surface area contributed by atoms with Gasteiger partial charge in [-0.15, -0.1) is 11.3 Å². The lowest BCUT2D eigenvalue weighted by Crippen LogP contribution is -2.38. The molecule has 0 saturated carbocycles. The Kier molecular flexibility index (Phi) is 8.09. The van der Waals surface area contributed by atoms with Crippen LogP contribution in [0, 0.1) is 0 Å². The summed E-state index contributed by atoms with van der Waals surface area (Å²) in [5, 5.41) is 0. The van der Waals surface area contributed by atoms with Crippen LogP contribution in [0.4, 0.5) is 5.82 Å². The molecule has 3 aromatic heterocycles. The summed E-state index contributed by atoms with van der Waals surface area (Å²) >= 11 is 1.47. The summed E-state index contributed by atoms with van der Waals surface area (Å²) in [6.07, 6.45) is 1.41. The molecule has 0 bridgehead atoms. The van der Waals surface area contributed by atoms with Gasteiger partial charge in [-0.1, -0.05) is 91.0 Å². The van der Waals surface area contributed by atoms with E-state index < -0.39 is 24.5 Å². The van der Waals surface area contributed by atoms with Gasteiger partial charge in [-0.2, -0.15) is 0 Å². The number of aromatic nitrogens is 4. The largest absolute Gasteiger partial charge is 0.382 e. The molecule has 7 rings (SSSR count). The van der Waals surface area contributed by atoms with Crippen LogP contribution in [0.2, 0.25) is 0 Å². The maximum Gasteiger partial charge on any atom is 0.164 e. The minimum atomic E-state index is -0.547. The van der Waals surface area contributed by atoms with Crippen molar-refractivity contribution in [2.24, 2.45) is 0 Å². The minimum Gasteiger partial charge on any atom is -0.382 e. The van der Waals surface area contributed by atoms with Crippen LogP contribution in [0.25, 0.3) is 20.6 Å². The van der Waals surface area contributed by atoms with Crippen LogP contribution in [0.3, 0.4) is 0 Å². The van der Waals surface area contributed by atoms with E-state index in [4.69, 9.17) is 29.7 Å². The van der Waals surface area contributed by atoms with Gasteiger partial charge < -0.3 is 24.7 Å². The van der Waals surface area contributed by atoms with Crippen molar-refractivity contribution in [2.45, 2.75) is 44.4 Å². The molecule has 1 fully saturated rings. The Hall–Kier alpha value is -4.19. The van der Waals surface area contributed by atoms with Crippen LogP contribution >= 0.6 is 11.3 Å². The van der Waals surface area contributed by atoms with Crippen molar-refractivity contribution in [1.29, 1.82) is 0 Å². The maximum atomic E-state index is 6.78. The highest BCUT2D eigenvalue weighted by Gasteiger charge is 2.48. The standard InChI is InChI=1S/C33H31N5O4S/c34-31-30-26(35-20-36-31)27-32(43-30)37-21-38(27)33-29(41-18-24-14-8-3-9-15-24)28(40-17-23-12-6-2-7-13-23)25(42-33)19-39-16-22-10-4-1-5-11-22/h1-15,20-21,25,28-29,33H,16-19H2,(H2,34,35,36)/t25-,28-,29-,33-/m1/s1. The number of nitrogens with two attached hydrogens (primary N) is 1. The molecule has 0 unspecified atom stereocenters. The summed E-state index contributed by atoms with van der Waals surface area (Å²) in [4.78, 5) is 14.2. The third kappa shape index (κ3) is 5.88. The van der Waals surface area contributed by atoms with Gasteiger partial charge in [0.15, 0.2) is 6.23 Å². The summed E-state index contributed by atoms with van der Waals surface area (Å²) in [7, 11) is 0. The van der Waals surface area contributed by atoms with Gasteiger partial charge in [-0.05, 0) is 16.7 Å². The molecule has 43 heavy (non-hydrogen) atoms. The Morgan fingerprint density at radius 2 is 1.35 bits per heavy atom. The molecule has 2 N–H and O–H groups in total. The summed E-state index contributed by atoms with van der Waals surface area (Å²) in [6.45, 7) is 1.60. The minimum absolute atomic E-state index is 0.327. The third-order valence-electron chi connectivity index (χ3n) is 7.54. The van der Waals surface area contributed by atoms with Gasteiger partial charge >= 0.3 is 0 Å². The van der Waals surface area contributed by atoms with Crippen molar-refractivity contribution in [2.75, 3.05) is 12.3 Å². The lowest BCUT2D eigenvalue weighted by atomic mass is 10.1. The van der Waals surface area contributed by atoms with Crippen molar-refractivity contribution in [3.05, 3.63) is 120 Å². The van der Waals surface area contributed by atoms with E-state index in [9.17, 15) is 0 Å². The van der Waals surface area contributed by atoms with E-state index in [2.05, 4.69) is 22.1 Å². The first kappa shape index (κ1) is 27.6. The molecule has 1 aliphatic heterocycles. The number of benzene rings is 3. The molecule has 6 aromatic rings. The van der Waals surface area contributed by atoms with E-state index in [-0.39, 0.29) is 0 Å². The van der Waals surface area contributed by atoms with Crippen molar-refractivity contribution in [1.82, 2.24) is 19.5 Å². The van der Waals surface area contributed by atoms with Crippen molar-refractivity contribution < 1.29 is 18.9 Å². The summed E-state index contributed by atoms with van der Waals surface area (Å²) in [5.41, 5.74) is 11.0. The summed E-state index contributed by atoms with van der Waals surface area (Å²) < 4.78 is 29.1. The monoisotopic (exact) mass is 593 g/mol. The van der Waals surface area contributed by atoms with Crippen molar-refractivity contribution in [3.63, 3.8) is 0 Å². The van der Waals surface area contributed by atoms with Crippen molar-refractivity contribution in [3.8, 4) is 0 Å². The molecular weight excluding hydrogens is 562 g/mol. The van der Waals surface area contributed by atoms with Gasteiger partial charge in [0.25, 0.3) is 0 Å². The molecule has 0 spiro atoms. The first-order valence-corrected chi connectivity index (χ1v) is 15.0. The summed E-state index contributed by atoms with van der Waals surface area (Å²) in [5.74, 6) is 0.431. The summed E-state index contributed by atoms with van der Waals surface area (Å²) in [6, 6.07) is 30.3. The number of hydrogen-bond donors (Lipinski definition) is 1. The number of fused-ring (bicyclic) bond motifs is 3. The fraction of sp³-hybridized carbons (Fsp3) is 0.242. The van der Waals surface area contributed by atoms with Crippen LogP contribution < -0.4 is 5.73 Å². The Labute approximate surface area is 252 Å². The SMILES string of the molecule is Nc1ncnc2c1sc1ncn([C@@H]3O[C@H](COCc4ccccc4)[C@@H](OCc4ccccc4)[C@H]3OCc3ccccc3)c12. The Morgan fingerprint density at radius 3 is 2.00 bits per heavy atom. The maximum absolute atomic E-state index is 6.78. The zero-order valence-corrected chi connectivity index (χ0v) is 24.2. The van der Waals surface area contributed by atoms with E-state index in [0.29, 0.717) is 32.2 Å². The van der Waals surface area contributed by atoms with Gasteiger partial charge in [0.1, 0.15) is 46.3 Å². The Bertz CT molecular complexity index is 1780. The number of nitrogen functional groups attached to an aromatic ring is 1. The molecule has 3 aromatic carbocycles.